The molecule has 0 bridgehead atoms. The topological polar surface area (TPSA) is 52.2 Å². The number of likely N-dealkylation sites (tertiary alicyclic amines) is 1. The molecule has 1 spiro atoms. The van der Waals surface area contributed by atoms with Crippen molar-refractivity contribution in [2.75, 3.05) is 26.2 Å². The van der Waals surface area contributed by atoms with Gasteiger partial charge in [-0.05, 0) is 38.0 Å². The van der Waals surface area contributed by atoms with Gasteiger partial charge in [0.25, 0.3) is 0 Å². The Labute approximate surface area is 157 Å². The van der Waals surface area contributed by atoms with Crippen molar-refractivity contribution in [3.05, 3.63) is 17.7 Å². The van der Waals surface area contributed by atoms with Gasteiger partial charge in [-0.1, -0.05) is 26.7 Å². The molecule has 1 aromatic rings. The van der Waals surface area contributed by atoms with Crippen LogP contribution < -0.4 is 0 Å². The molecule has 1 N–H and O–H groups in total. The summed E-state index contributed by atoms with van der Waals surface area (Å²) in [7, 11) is 0. The average Bonchev–Trinajstić information content (AvgIpc) is 3.15. The van der Waals surface area contributed by atoms with Crippen LogP contribution in [0.5, 0.6) is 0 Å². The van der Waals surface area contributed by atoms with E-state index in [1.165, 1.54) is 30.8 Å². The van der Waals surface area contributed by atoms with Crippen molar-refractivity contribution >= 4 is 5.91 Å². The molecule has 0 aromatic carbocycles. The molecule has 5 nitrogen and oxygen atoms in total. The molecule has 3 heterocycles. The van der Waals surface area contributed by atoms with E-state index in [1.54, 1.807) is 0 Å². The van der Waals surface area contributed by atoms with E-state index in [0.717, 1.165) is 64.1 Å². The predicted molar refractivity (Wildman–Crippen MR) is 103 cm³/mol. The van der Waals surface area contributed by atoms with Gasteiger partial charge in [0.15, 0.2) is 0 Å². The van der Waals surface area contributed by atoms with E-state index in [-0.39, 0.29) is 11.5 Å². The van der Waals surface area contributed by atoms with Crippen molar-refractivity contribution in [1.29, 1.82) is 0 Å². The molecule has 2 aliphatic heterocycles. The van der Waals surface area contributed by atoms with Gasteiger partial charge in [-0.15, -0.1) is 0 Å². The zero-order valence-electron chi connectivity index (χ0n) is 16.5. The lowest BCUT2D eigenvalue weighted by Crippen LogP contribution is -2.53. The van der Waals surface area contributed by atoms with Crippen LogP contribution >= 0.6 is 0 Å². The summed E-state index contributed by atoms with van der Waals surface area (Å²) in [6.07, 6.45) is 10.9. The number of aromatic amines is 1. The van der Waals surface area contributed by atoms with Gasteiger partial charge in [-0.3, -0.25) is 9.69 Å². The highest BCUT2D eigenvalue weighted by atomic mass is 16.2. The van der Waals surface area contributed by atoms with Crippen molar-refractivity contribution in [3.63, 3.8) is 0 Å². The smallest absolute Gasteiger partial charge is 0.225 e. The minimum Gasteiger partial charge on any atom is -0.348 e. The number of nitrogens with zero attached hydrogens (tertiary/aromatic N) is 3. The molecule has 2 fully saturated rings. The molecule has 1 aromatic heterocycles. The van der Waals surface area contributed by atoms with Crippen LogP contribution in [0.4, 0.5) is 0 Å². The lowest BCUT2D eigenvalue weighted by Gasteiger charge is -2.44. The standard InChI is InChI=1S/C21H34N4O/c1-3-5-17(6-4-2)20(26)24-12-10-21(14-24)19-18(22-15-23-19)9-11-25(21)13-16-7-8-16/h15-17H,3-14H2,1-2H3,(H,22,23). The van der Waals surface area contributed by atoms with Gasteiger partial charge in [0.2, 0.25) is 5.91 Å². The van der Waals surface area contributed by atoms with Gasteiger partial charge in [-0.2, -0.15) is 0 Å². The Morgan fingerprint density at radius 2 is 2.08 bits per heavy atom. The second-order valence-corrected chi connectivity index (χ2v) is 8.68. The van der Waals surface area contributed by atoms with Crippen LogP contribution in [0.2, 0.25) is 0 Å². The van der Waals surface area contributed by atoms with Gasteiger partial charge in [-0.25, -0.2) is 4.98 Å². The van der Waals surface area contributed by atoms with Crippen LogP contribution in [0.15, 0.2) is 6.33 Å². The van der Waals surface area contributed by atoms with E-state index in [4.69, 9.17) is 4.98 Å². The molecule has 1 amide bonds. The Bertz CT molecular complexity index is 632. The second-order valence-electron chi connectivity index (χ2n) is 8.68. The molecule has 26 heavy (non-hydrogen) atoms. The predicted octanol–water partition coefficient (Wildman–Crippen LogP) is 3.32. The van der Waals surface area contributed by atoms with Crippen LogP contribution in [0.1, 0.15) is 70.2 Å². The maximum Gasteiger partial charge on any atom is 0.225 e. The maximum absolute atomic E-state index is 13.2. The summed E-state index contributed by atoms with van der Waals surface area (Å²) in [4.78, 5) is 26.2. The fraction of sp³-hybridized carbons (Fsp3) is 0.810. The van der Waals surface area contributed by atoms with Crippen molar-refractivity contribution in [2.24, 2.45) is 11.8 Å². The highest BCUT2D eigenvalue weighted by Crippen LogP contribution is 2.44. The van der Waals surface area contributed by atoms with Crippen LogP contribution in [-0.4, -0.2) is 51.9 Å². The van der Waals surface area contributed by atoms with Crippen molar-refractivity contribution in [2.45, 2.75) is 70.8 Å². The van der Waals surface area contributed by atoms with Crippen molar-refractivity contribution < 1.29 is 4.79 Å². The van der Waals surface area contributed by atoms with Crippen molar-refractivity contribution in [3.8, 4) is 0 Å². The number of hydrogen-bond acceptors (Lipinski definition) is 3. The SMILES string of the molecule is CCCC(CCC)C(=O)N1CCC2(C1)c1nc[nH]c1CCN2CC1CC1. The third kappa shape index (κ3) is 3.19. The largest absolute Gasteiger partial charge is 0.348 e. The van der Waals surface area contributed by atoms with Gasteiger partial charge in [0.1, 0.15) is 0 Å². The maximum atomic E-state index is 13.2. The zero-order valence-corrected chi connectivity index (χ0v) is 16.5. The molecule has 144 valence electrons. The van der Waals surface area contributed by atoms with Crippen LogP contribution in [0.25, 0.3) is 0 Å². The summed E-state index contributed by atoms with van der Waals surface area (Å²) in [6.45, 7) is 8.38. The van der Waals surface area contributed by atoms with E-state index >= 15 is 0 Å². The highest BCUT2D eigenvalue weighted by Gasteiger charge is 2.51. The molecule has 5 heteroatoms. The molecule has 1 atom stereocenters. The lowest BCUT2D eigenvalue weighted by atomic mass is 9.85. The monoisotopic (exact) mass is 358 g/mol. The molecular weight excluding hydrogens is 324 g/mol. The molecule has 0 radical (unpaired) electrons. The Hall–Kier alpha value is -1.36. The third-order valence-corrected chi connectivity index (χ3v) is 6.75. The van der Waals surface area contributed by atoms with Crippen LogP contribution in [0.3, 0.4) is 0 Å². The van der Waals surface area contributed by atoms with Crippen molar-refractivity contribution in [1.82, 2.24) is 19.8 Å². The number of carbonyl (C=O) groups excluding carboxylic acids is 1. The molecule has 1 aliphatic carbocycles. The van der Waals surface area contributed by atoms with E-state index in [0.29, 0.717) is 5.91 Å². The van der Waals surface area contributed by atoms with E-state index in [2.05, 4.69) is 28.6 Å². The quantitative estimate of drug-likeness (QED) is 0.813. The number of rotatable bonds is 7. The number of aromatic nitrogens is 2. The summed E-state index contributed by atoms with van der Waals surface area (Å²) < 4.78 is 0. The molecule has 1 unspecified atom stereocenters. The summed E-state index contributed by atoms with van der Waals surface area (Å²) in [5.74, 6) is 1.46. The van der Waals surface area contributed by atoms with Gasteiger partial charge < -0.3 is 9.88 Å². The number of hydrogen-bond donors (Lipinski definition) is 1. The molecule has 1 saturated heterocycles. The first kappa shape index (κ1) is 18.0. The summed E-state index contributed by atoms with van der Waals surface area (Å²) in [5, 5.41) is 0. The normalized spacial score (nSPS) is 26.0. The van der Waals surface area contributed by atoms with Gasteiger partial charge in [0.05, 0.1) is 17.6 Å². The number of amides is 1. The average molecular weight is 359 g/mol. The molecule has 4 rings (SSSR count). The molecular formula is C21H34N4O. The molecule has 1 saturated carbocycles. The lowest BCUT2D eigenvalue weighted by molar-refractivity contribution is -0.135. The number of imidazole rings is 1. The van der Waals surface area contributed by atoms with E-state index in [1.807, 2.05) is 6.33 Å². The second kappa shape index (κ2) is 7.34. The Kier molecular flexibility index (Phi) is 5.09. The fourth-order valence-corrected chi connectivity index (χ4v) is 5.18. The minimum atomic E-state index is -0.0468. The van der Waals surface area contributed by atoms with Gasteiger partial charge >= 0.3 is 0 Å². The van der Waals surface area contributed by atoms with Crippen LogP contribution in [0, 0.1) is 11.8 Å². The van der Waals surface area contributed by atoms with E-state index in [9.17, 15) is 4.79 Å². The first-order chi connectivity index (χ1) is 12.7. The third-order valence-electron chi connectivity index (χ3n) is 6.75. The summed E-state index contributed by atoms with van der Waals surface area (Å²) >= 11 is 0. The first-order valence-corrected chi connectivity index (χ1v) is 10.7. The first-order valence-electron chi connectivity index (χ1n) is 10.7. The highest BCUT2D eigenvalue weighted by molar-refractivity contribution is 5.79. The van der Waals surface area contributed by atoms with E-state index < -0.39 is 0 Å². The Morgan fingerprint density at radius 3 is 2.77 bits per heavy atom. The zero-order chi connectivity index (χ0) is 18.1. The summed E-state index contributed by atoms with van der Waals surface area (Å²) in [6, 6.07) is 0. The van der Waals surface area contributed by atoms with Crippen LogP contribution in [-0.2, 0) is 16.8 Å². The fourth-order valence-electron chi connectivity index (χ4n) is 5.18. The Balaban J connectivity index is 1.56. The van der Waals surface area contributed by atoms with Gasteiger partial charge in [0, 0.05) is 44.2 Å². The summed E-state index contributed by atoms with van der Waals surface area (Å²) in [5.41, 5.74) is 2.47. The number of nitrogens with one attached hydrogen (secondary N) is 1. The minimum absolute atomic E-state index is 0.0468. The number of fused-ring (bicyclic) bond motifs is 2. The Morgan fingerprint density at radius 1 is 1.31 bits per heavy atom. The number of H-pyrrole nitrogens is 1. The molecule has 3 aliphatic rings. The number of carbonyl (C=O) groups is 1.